The Morgan fingerprint density at radius 3 is 2.56 bits per heavy atom. The number of carboxylic acid groups (broad SMARTS) is 1. The Morgan fingerprint density at radius 1 is 1.05 bits per heavy atom. The van der Waals surface area contributed by atoms with Crippen molar-refractivity contribution in [1.29, 1.82) is 0 Å². The Kier molecular flexibility index (Phi) is 6.56. The maximum Gasteiger partial charge on any atom is 0.412 e. The van der Waals surface area contributed by atoms with E-state index in [-0.39, 0.29) is 28.6 Å². The van der Waals surface area contributed by atoms with Crippen molar-refractivity contribution in [1.82, 2.24) is 30.3 Å². The van der Waals surface area contributed by atoms with E-state index in [1.807, 2.05) is 5.32 Å². The van der Waals surface area contributed by atoms with E-state index in [9.17, 15) is 27.2 Å². The molecule has 39 heavy (non-hydrogen) atoms. The molecule has 1 amide bonds. The van der Waals surface area contributed by atoms with Crippen LogP contribution >= 0.6 is 0 Å². The van der Waals surface area contributed by atoms with Gasteiger partial charge in [-0.15, -0.1) is 5.10 Å². The van der Waals surface area contributed by atoms with Crippen LogP contribution in [0.1, 0.15) is 37.9 Å². The van der Waals surface area contributed by atoms with Gasteiger partial charge in [-0.1, -0.05) is 23.4 Å². The molecule has 198 valence electrons. The number of fused-ring (bicyclic) bond motifs is 1. The molecule has 3 N–H and O–H groups in total. The third-order valence-corrected chi connectivity index (χ3v) is 5.94. The number of aromatic amines is 1. The van der Waals surface area contributed by atoms with Gasteiger partial charge in [0.1, 0.15) is 11.5 Å². The highest BCUT2D eigenvalue weighted by molar-refractivity contribution is 5.95. The number of hydrogen-bond acceptors (Lipinski definition) is 5. The molecule has 0 saturated heterocycles. The van der Waals surface area contributed by atoms with Gasteiger partial charge in [-0.05, 0) is 42.0 Å². The van der Waals surface area contributed by atoms with Crippen LogP contribution in [0.5, 0.6) is 0 Å². The number of nitrogens with one attached hydrogen (secondary N) is 2. The maximum absolute atomic E-state index is 14.4. The Hall–Kier alpha value is -5.07. The monoisotopic (exact) mass is 538 g/mol. The number of rotatable bonds is 7. The number of aromatic carboxylic acids is 1. The number of carboxylic acids is 1. The van der Waals surface area contributed by atoms with E-state index in [0.29, 0.717) is 17.0 Å². The third-order valence-electron chi connectivity index (χ3n) is 5.94. The highest BCUT2D eigenvalue weighted by Gasteiger charge is 2.43. The molecule has 0 aliphatic carbocycles. The van der Waals surface area contributed by atoms with Gasteiger partial charge < -0.3 is 15.4 Å². The Labute approximate surface area is 217 Å². The molecule has 1 unspecified atom stereocenters. The fourth-order valence-corrected chi connectivity index (χ4v) is 4.11. The van der Waals surface area contributed by atoms with Crippen LogP contribution in [-0.2, 0) is 6.54 Å². The fraction of sp³-hybridized carbons (Fsp3) is 0.115. The molecule has 3 heterocycles. The number of pyridine rings is 1. The van der Waals surface area contributed by atoms with Gasteiger partial charge in [0.25, 0.3) is 5.91 Å². The molecular formula is C26H18F4N6O3. The molecule has 0 saturated carbocycles. The lowest BCUT2D eigenvalue weighted by atomic mass is 10.0. The lowest BCUT2D eigenvalue weighted by molar-refractivity contribution is -0.155. The summed E-state index contributed by atoms with van der Waals surface area (Å²) in [5.74, 6) is -2.95. The van der Waals surface area contributed by atoms with Crippen molar-refractivity contribution in [3.63, 3.8) is 0 Å². The van der Waals surface area contributed by atoms with E-state index in [1.165, 1.54) is 53.3 Å². The van der Waals surface area contributed by atoms with Crippen molar-refractivity contribution < 1.29 is 32.3 Å². The molecule has 0 fully saturated rings. The minimum Gasteiger partial charge on any atom is -0.478 e. The van der Waals surface area contributed by atoms with Crippen LogP contribution in [0.2, 0.25) is 0 Å². The molecule has 0 aliphatic heterocycles. The zero-order valence-electron chi connectivity index (χ0n) is 19.8. The van der Waals surface area contributed by atoms with Gasteiger partial charge in [0.15, 0.2) is 6.04 Å². The number of nitrogens with zero attached hydrogens (tertiary/aromatic N) is 4. The number of amides is 1. The number of alkyl halides is 3. The standard InChI is InChI=1S/C26H18F4N6O3/c27-18-5-2-6-20-22(18)17(11-32-20)23(26(28,29)30)33-24(37)15-4-1-3-14(9-15)12-36-13-21(34-35-36)19-8-7-16(10-31-19)25(38)39/h1-11,13,23,32H,12H2,(H,33,37)(H,38,39). The van der Waals surface area contributed by atoms with Gasteiger partial charge in [0.05, 0.1) is 24.0 Å². The molecule has 9 nitrogen and oxygen atoms in total. The van der Waals surface area contributed by atoms with Crippen LogP contribution in [-0.4, -0.2) is 48.1 Å². The van der Waals surface area contributed by atoms with Crippen molar-refractivity contribution >= 4 is 22.8 Å². The first-order chi connectivity index (χ1) is 18.6. The zero-order valence-corrected chi connectivity index (χ0v) is 19.8. The zero-order chi connectivity index (χ0) is 27.7. The van der Waals surface area contributed by atoms with E-state index in [2.05, 4.69) is 20.3 Å². The van der Waals surface area contributed by atoms with Gasteiger partial charge in [-0.25, -0.2) is 13.9 Å². The van der Waals surface area contributed by atoms with Crippen LogP contribution in [0.15, 0.2) is 73.2 Å². The van der Waals surface area contributed by atoms with Gasteiger partial charge >= 0.3 is 12.1 Å². The lowest BCUT2D eigenvalue weighted by Gasteiger charge is -2.21. The topological polar surface area (TPSA) is 126 Å². The van der Waals surface area contributed by atoms with E-state index < -0.39 is 35.5 Å². The van der Waals surface area contributed by atoms with Crippen LogP contribution in [0.4, 0.5) is 17.6 Å². The Morgan fingerprint density at radius 2 is 1.85 bits per heavy atom. The van der Waals surface area contributed by atoms with Crippen molar-refractivity contribution in [2.45, 2.75) is 18.8 Å². The van der Waals surface area contributed by atoms with Gasteiger partial charge in [0, 0.05) is 34.4 Å². The van der Waals surface area contributed by atoms with Crippen LogP contribution in [0, 0.1) is 5.82 Å². The summed E-state index contributed by atoms with van der Waals surface area (Å²) in [5.41, 5.74) is 1.05. The molecular weight excluding hydrogens is 520 g/mol. The van der Waals surface area contributed by atoms with Gasteiger partial charge in [0.2, 0.25) is 0 Å². The largest absolute Gasteiger partial charge is 0.478 e. The molecule has 0 bridgehead atoms. The third kappa shape index (κ3) is 5.32. The number of hydrogen-bond donors (Lipinski definition) is 3. The molecule has 5 rings (SSSR count). The lowest BCUT2D eigenvalue weighted by Crippen LogP contribution is -2.38. The van der Waals surface area contributed by atoms with Crippen LogP contribution in [0.25, 0.3) is 22.3 Å². The van der Waals surface area contributed by atoms with Crippen molar-refractivity contribution in [3.8, 4) is 11.4 Å². The smallest absolute Gasteiger partial charge is 0.412 e. The minimum absolute atomic E-state index is 0.0174. The second kappa shape index (κ2) is 10.0. The molecule has 3 aromatic heterocycles. The predicted octanol–water partition coefficient (Wildman–Crippen LogP) is 4.74. The molecule has 0 aliphatic rings. The molecule has 1 atom stereocenters. The number of aromatic nitrogens is 5. The van der Waals surface area contributed by atoms with Crippen LogP contribution in [0.3, 0.4) is 0 Å². The second-order valence-corrected chi connectivity index (χ2v) is 8.59. The number of H-pyrrole nitrogens is 1. The Balaban J connectivity index is 1.35. The molecule has 0 spiro atoms. The van der Waals surface area contributed by atoms with E-state index in [4.69, 9.17) is 5.11 Å². The SMILES string of the molecule is O=C(O)c1ccc(-c2cn(Cc3cccc(C(=O)NC(c4c[nH]c5cccc(F)c45)C(F)(F)F)c3)nn2)nc1. The van der Waals surface area contributed by atoms with Gasteiger partial charge in [-0.2, -0.15) is 13.2 Å². The first kappa shape index (κ1) is 25.6. The summed E-state index contributed by atoms with van der Waals surface area (Å²) in [7, 11) is 0. The summed E-state index contributed by atoms with van der Waals surface area (Å²) in [4.78, 5) is 30.5. The second-order valence-electron chi connectivity index (χ2n) is 8.59. The fourth-order valence-electron chi connectivity index (χ4n) is 4.11. The minimum atomic E-state index is -4.89. The highest BCUT2D eigenvalue weighted by atomic mass is 19.4. The number of benzene rings is 2. The summed E-state index contributed by atoms with van der Waals surface area (Å²) in [6.07, 6.45) is -1.11. The quantitative estimate of drug-likeness (QED) is 0.257. The maximum atomic E-state index is 14.4. The summed E-state index contributed by atoms with van der Waals surface area (Å²) in [5, 5.41) is 18.7. The van der Waals surface area contributed by atoms with E-state index in [1.54, 1.807) is 12.3 Å². The number of carbonyl (C=O) groups is 2. The molecule has 0 radical (unpaired) electrons. The summed E-state index contributed by atoms with van der Waals surface area (Å²) >= 11 is 0. The van der Waals surface area contributed by atoms with Crippen LogP contribution < -0.4 is 5.32 Å². The molecule has 13 heteroatoms. The highest BCUT2D eigenvalue weighted by Crippen LogP contribution is 2.37. The van der Waals surface area contributed by atoms with Crippen molar-refractivity contribution in [3.05, 3.63) is 101 Å². The summed E-state index contributed by atoms with van der Waals surface area (Å²) < 4.78 is 57.8. The first-order valence-electron chi connectivity index (χ1n) is 11.4. The molecule has 5 aromatic rings. The normalized spacial score (nSPS) is 12.4. The average Bonchev–Trinajstić information content (AvgIpc) is 3.55. The van der Waals surface area contributed by atoms with Crippen molar-refractivity contribution in [2.24, 2.45) is 0 Å². The first-order valence-corrected chi connectivity index (χ1v) is 11.4. The van der Waals surface area contributed by atoms with Gasteiger partial charge in [-0.3, -0.25) is 9.78 Å². The summed E-state index contributed by atoms with van der Waals surface area (Å²) in [6.45, 7) is 0.137. The average molecular weight is 538 g/mol. The molecule has 2 aromatic carbocycles. The number of carbonyl (C=O) groups excluding carboxylic acids is 1. The van der Waals surface area contributed by atoms with Crippen molar-refractivity contribution in [2.75, 3.05) is 0 Å². The summed E-state index contributed by atoms with van der Waals surface area (Å²) in [6, 6.07) is 10.2. The van der Waals surface area contributed by atoms with E-state index >= 15 is 0 Å². The predicted molar refractivity (Wildman–Crippen MR) is 130 cm³/mol. The Bertz CT molecular complexity index is 1680. The van der Waals surface area contributed by atoms with E-state index in [0.717, 1.165) is 12.3 Å². The number of halogens is 4.